The Morgan fingerprint density at radius 2 is 2.28 bits per heavy atom. The molecule has 0 bridgehead atoms. The molecule has 1 amide bonds. The summed E-state index contributed by atoms with van der Waals surface area (Å²) in [7, 11) is 0. The molecule has 18 heavy (non-hydrogen) atoms. The maximum absolute atomic E-state index is 11.9. The van der Waals surface area contributed by atoms with Crippen LogP contribution in [0.2, 0.25) is 0 Å². The maximum Gasteiger partial charge on any atom is 0.224 e. The van der Waals surface area contributed by atoms with Crippen molar-refractivity contribution in [2.75, 3.05) is 32.8 Å². The van der Waals surface area contributed by atoms with Gasteiger partial charge in [0.05, 0.1) is 25.5 Å². The van der Waals surface area contributed by atoms with E-state index in [9.17, 15) is 4.79 Å². The molecule has 1 atom stereocenters. The number of ether oxygens (including phenoxy) is 1. The first-order chi connectivity index (χ1) is 8.77. The van der Waals surface area contributed by atoms with Crippen LogP contribution >= 0.6 is 0 Å². The highest BCUT2D eigenvalue weighted by Crippen LogP contribution is 2.11. The third-order valence-electron chi connectivity index (χ3n) is 3.12. The van der Waals surface area contributed by atoms with E-state index in [1.54, 1.807) is 6.26 Å². The number of rotatable bonds is 5. The Balaban J connectivity index is 1.67. The molecule has 1 saturated heterocycles. The fourth-order valence-corrected chi connectivity index (χ4v) is 2.00. The Kier molecular flexibility index (Phi) is 4.78. The standard InChI is InChI=1S/C13H20N2O3/c1-11(12-3-2-8-18-12)14-5-4-13(16)15-6-9-17-10-7-15/h2-3,8,11,14H,4-7,9-10H2,1H3. The number of carbonyl (C=O) groups is 1. The van der Waals surface area contributed by atoms with E-state index in [4.69, 9.17) is 9.15 Å². The van der Waals surface area contributed by atoms with Crippen LogP contribution in [0.4, 0.5) is 0 Å². The second-order valence-electron chi connectivity index (χ2n) is 4.43. The van der Waals surface area contributed by atoms with E-state index < -0.39 is 0 Å². The highest BCUT2D eigenvalue weighted by molar-refractivity contribution is 5.76. The van der Waals surface area contributed by atoms with Crippen molar-refractivity contribution in [1.29, 1.82) is 0 Å². The molecule has 1 unspecified atom stereocenters. The third-order valence-corrected chi connectivity index (χ3v) is 3.12. The molecule has 0 aromatic carbocycles. The quantitative estimate of drug-likeness (QED) is 0.855. The normalized spacial score (nSPS) is 17.7. The van der Waals surface area contributed by atoms with Crippen molar-refractivity contribution in [2.24, 2.45) is 0 Å². The predicted molar refractivity (Wildman–Crippen MR) is 67.1 cm³/mol. The molecule has 5 nitrogen and oxygen atoms in total. The van der Waals surface area contributed by atoms with Gasteiger partial charge in [-0.05, 0) is 19.1 Å². The fourth-order valence-electron chi connectivity index (χ4n) is 2.00. The lowest BCUT2D eigenvalue weighted by Gasteiger charge is -2.27. The van der Waals surface area contributed by atoms with E-state index >= 15 is 0 Å². The van der Waals surface area contributed by atoms with E-state index in [1.165, 1.54) is 0 Å². The first-order valence-corrected chi connectivity index (χ1v) is 6.39. The van der Waals surface area contributed by atoms with Crippen LogP contribution in [-0.4, -0.2) is 43.7 Å². The molecular formula is C13H20N2O3. The van der Waals surface area contributed by atoms with Gasteiger partial charge in [0.15, 0.2) is 0 Å². The molecule has 5 heteroatoms. The minimum atomic E-state index is 0.137. The minimum absolute atomic E-state index is 0.137. The molecule has 2 rings (SSSR count). The van der Waals surface area contributed by atoms with E-state index in [0.29, 0.717) is 39.3 Å². The van der Waals surface area contributed by atoms with Gasteiger partial charge in [0, 0.05) is 26.1 Å². The van der Waals surface area contributed by atoms with Crippen molar-refractivity contribution in [1.82, 2.24) is 10.2 Å². The van der Waals surface area contributed by atoms with Gasteiger partial charge < -0.3 is 19.4 Å². The van der Waals surface area contributed by atoms with E-state index in [-0.39, 0.29) is 11.9 Å². The number of furan rings is 1. The summed E-state index contributed by atoms with van der Waals surface area (Å²) in [6, 6.07) is 3.94. The Bertz CT molecular complexity index is 358. The lowest BCUT2D eigenvalue weighted by Crippen LogP contribution is -2.41. The number of morpholine rings is 1. The predicted octanol–water partition coefficient (Wildman–Crippen LogP) is 1.18. The molecule has 1 aromatic rings. The number of nitrogens with zero attached hydrogens (tertiary/aromatic N) is 1. The third kappa shape index (κ3) is 3.58. The molecule has 100 valence electrons. The maximum atomic E-state index is 11.9. The lowest BCUT2D eigenvalue weighted by molar-refractivity contribution is -0.135. The summed E-state index contributed by atoms with van der Waals surface area (Å²) >= 11 is 0. The Labute approximate surface area is 107 Å². The van der Waals surface area contributed by atoms with Gasteiger partial charge in [0.1, 0.15) is 5.76 Å². The molecule has 1 fully saturated rings. The molecule has 1 N–H and O–H groups in total. The van der Waals surface area contributed by atoms with Crippen LogP contribution < -0.4 is 5.32 Å². The zero-order valence-electron chi connectivity index (χ0n) is 10.7. The molecule has 0 aliphatic carbocycles. The number of hydrogen-bond acceptors (Lipinski definition) is 4. The highest BCUT2D eigenvalue weighted by atomic mass is 16.5. The number of amides is 1. The zero-order valence-corrected chi connectivity index (χ0v) is 10.7. The number of nitrogens with one attached hydrogen (secondary N) is 1. The molecule has 0 radical (unpaired) electrons. The molecule has 2 heterocycles. The lowest BCUT2D eigenvalue weighted by atomic mass is 10.2. The first kappa shape index (κ1) is 13.1. The van der Waals surface area contributed by atoms with E-state index in [0.717, 1.165) is 5.76 Å². The molecular weight excluding hydrogens is 232 g/mol. The smallest absolute Gasteiger partial charge is 0.224 e. The highest BCUT2D eigenvalue weighted by Gasteiger charge is 2.16. The SMILES string of the molecule is CC(NCCC(=O)N1CCOCC1)c1ccco1. The van der Waals surface area contributed by atoms with Crippen molar-refractivity contribution >= 4 is 5.91 Å². The van der Waals surface area contributed by atoms with Gasteiger partial charge in [-0.2, -0.15) is 0 Å². The Morgan fingerprint density at radius 1 is 1.50 bits per heavy atom. The van der Waals surface area contributed by atoms with Crippen molar-refractivity contribution in [3.8, 4) is 0 Å². The second kappa shape index (κ2) is 6.56. The summed E-state index contributed by atoms with van der Waals surface area (Å²) in [5.41, 5.74) is 0. The topological polar surface area (TPSA) is 54.7 Å². The molecule has 1 aromatic heterocycles. The molecule has 1 aliphatic heterocycles. The minimum Gasteiger partial charge on any atom is -0.468 e. The number of hydrogen-bond donors (Lipinski definition) is 1. The summed E-state index contributed by atoms with van der Waals surface area (Å²) in [6.45, 7) is 5.43. The largest absolute Gasteiger partial charge is 0.468 e. The summed E-state index contributed by atoms with van der Waals surface area (Å²) in [5, 5.41) is 3.28. The molecule has 0 saturated carbocycles. The molecule has 0 spiro atoms. The van der Waals surface area contributed by atoms with Crippen LogP contribution in [0.25, 0.3) is 0 Å². The van der Waals surface area contributed by atoms with Gasteiger partial charge in [-0.15, -0.1) is 0 Å². The van der Waals surface area contributed by atoms with Crippen molar-refractivity contribution < 1.29 is 13.9 Å². The van der Waals surface area contributed by atoms with Gasteiger partial charge in [-0.1, -0.05) is 0 Å². The average molecular weight is 252 g/mol. The van der Waals surface area contributed by atoms with Gasteiger partial charge in [-0.3, -0.25) is 4.79 Å². The van der Waals surface area contributed by atoms with Crippen LogP contribution in [0.5, 0.6) is 0 Å². The van der Waals surface area contributed by atoms with Gasteiger partial charge in [-0.25, -0.2) is 0 Å². The number of carbonyl (C=O) groups excluding carboxylic acids is 1. The van der Waals surface area contributed by atoms with Crippen LogP contribution in [0.3, 0.4) is 0 Å². The van der Waals surface area contributed by atoms with Gasteiger partial charge in [0.2, 0.25) is 5.91 Å². The Morgan fingerprint density at radius 3 is 2.94 bits per heavy atom. The van der Waals surface area contributed by atoms with Crippen molar-refractivity contribution in [3.63, 3.8) is 0 Å². The van der Waals surface area contributed by atoms with Crippen LogP contribution in [-0.2, 0) is 9.53 Å². The fraction of sp³-hybridized carbons (Fsp3) is 0.615. The zero-order chi connectivity index (χ0) is 12.8. The van der Waals surface area contributed by atoms with E-state index in [2.05, 4.69) is 5.32 Å². The van der Waals surface area contributed by atoms with E-state index in [1.807, 2.05) is 24.0 Å². The summed E-state index contributed by atoms with van der Waals surface area (Å²) < 4.78 is 10.5. The van der Waals surface area contributed by atoms with Crippen LogP contribution in [0, 0.1) is 0 Å². The van der Waals surface area contributed by atoms with Crippen LogP contribution in [0.1, 0.15) is 25.1 Å². The van der Waals surface area contributed by atoms with Gasteiger partial charge in [0.25, 0.3) is 0 Å². The summed E-state index contributed by atoms with van der Waals surface area (Å²) in [5.74, 6) is 1.09. The monoisotopic (exact) mass is 252 g/mol. The summed E-state index contributed by atoms with van der Waals surface area (Å²) in [4.78, 5) is 13.7. The van der Waals surface area contributed by atoms with Crippen molar-refractivity contribution in [2.45, 2.75) is 19.4 Å². The average Bonchev–Trinajstić information content (AvgIpc) is 2.93. The van der Waals surface area contributed by atoms with Crippen LogP contribution in [0.15, 0.2) is 22.8 Å². The van der Waals surface area contributed by atoms with Crippen molar-refractivity contribution in [3.05, 3.63) is 24.2 Å². The summed E-state index contributed by atoms with van der Waals surface area (Å²) in [6.07, 6.45) is 2.18. The second-order valence-corrected chi connectivity index (χ2v) is 4.43. The Hall–Kier alpha value is -1.33. The first-order valence-electron chi connectivity index (χ1n) is 6.39. The molecule has 1 aliphatic rings. The van der Waals surface area contributed by atoms with Gasteiger partial charge >= 0.3 is 0 Å².